The molecule has 1 aliphatic heterocycles. The maximum absolute atomic E-state index is 11.5. The molecule has 1 aromatic carbocycles. The number of benzene rings is 1. The number of ether oxygens (including phenoxy) is 1. The molecule has 2 rings (SSSR count). The quantitative estimate of drug-likeness (QED) is 0.715. The van der Waals surface area contributed by atoms with Crippen LogP contribution >= 0.6 is 0 Å². The number of likely N-dealkylation sites (tertiary alicyclic amines) is 1. The van der Waals surface area contributed by atoms with Gasteiger partial charge in [-0.3, -0.25) is 9.69 Å². The Morgan fingerprint density at radius 3 is 2.67 bits per heavy atom. The maximum Gasteiger partial charge on any atom is 0.163 e. The highest BCUT2D eigenvalue weighted by Crippen LogP contribution is 2.22. The molecule has 1 aromatic rings. The topological polar surface area (TPSA) is 29.5 Å². The second kappa shape index (κ2) is 8.18. The molecule has 3 nitrogen and oxygen atoms in total. The molecule has 1 saturated heterocycles. The van der Waals surface area contributed by atoms with Crippen molar-refractivity contribution in [1.82, 2.24) is 4.90 Å². The first-order valence-corrected chi connectivity index (χ1v) is 8.15. The Morgan fingerprint density at radius 2 is 2.00 bits per heavy atom. The molecule has 0 spiro atoms. The van der Waals surface area contributed by atoms with Crippen molar-refractivity contribution in [3.05, 3.63) is 29.8 Å². The number of para-hydroxylation sites is 1. The van der Waals surface area contributed by atoms with Gasteiger partial charge < -0.3 is 4.74 Å². The lowest BCUT2D eigenvalue weighted by Crippen LogP contribution is -2.36. The fraction of sp³-hybridized carbons (Fsp3) is 0.611. The number of nitrogens with zero attached hydrogens (tertiary/aromatic N) is 1. The van der Waals surface area contributed by atoms with Crippen molar-refractivity contribution in [3.63, 3.8) is 0 Å². The Morgan fingerprint density at radius 1 is 1.29 bits per heavy atom. The molecule has 0 aromatic heterocycles. The third kappa shape index (κ3) is 4.85. The molecule has 0 bridgehead atoms. The van der Waals surface area contributed by atoms with Gasteiger partial charge in [-0.2, -0.15) is 0 Å². The molecule has 0 unspecified atom stereocenters. The monoisotopic (exact) mass is 289 g/mol. The lowest BCUT2D eigenvalue weighted by molar-refractivity contribution is 0.101. The zero-order valence-corrected chi connectivity index (χ0v) is 13.3. The smallest absolute Gasteiger partial charge is 0.163 e. The van der Waals surface area contributed by atoms with Crippen molar-refractivity contribution in [2.75, 3.05) is 26.2 Å². The number of piperidine rings is 1. The second-order valence-electron chi connectivity index (χ2n) is 5.97. The minimum atomic E-state index is 0.0611. The summed E-state index contributed by atoms with van der Waals surface area (Å²) in [7, 11) is 0. The lowest BCUT2D eigenvalue weighted by atomic mass is 9.92. The number of Topliss-reactive ketones (excluding diaryl/α,β-unsaturated/α-hetero) is 1. The second-order valence-corrected chi connectivity index (χ2v) is 5.97. The molecular formula is C18H27NO2. The first-order valence-electron chi connectivity index (χ1n) is 8.15. The Bertz CT molecular complexity index is 450. The van der Waals surface area contributed by atoms with Crippen LogP contribution < -0.4 is 4.74 Å². The molecule has 3 heteroatoms. The summed E-state index contributed by atoms with van der Waals surface area (Å²) in [5.74, 6) is 1.70. The maximum atomic E-state index is 11.5. The third-order valence-corrected chi connectivity index (χ3v) is 4.34. The summed E-state index contributed by atoms with van der Waals surface area (Å²) in [6.45, 7) is 7.83. The van der Waals surface area contributed by atoms with E-state index in [4.69, 9.17) is 4.74 Å². The molecule has 0 radical (unpaired) electrons. The van der Waals surface area contributed by atoms with Gasteiger partial charge in [-0.05, 0) is 50.9 Å². The van der Waals surface area contributed by atoms with E-state index < -0.39 is 0 Å². The van der Waals surface area contributed by atoms with Crippen LogP contribution in [0.2, 0.25) is 0 Å². The predicted octanol–water partition coefficient (Wildman–Crippen LogP) is 3.78. The van der Waals surface area contributed by atoms with Crippen LogP contribution in [0.5, 0.6) is 5.75 Å². The van der Waals surface area contributed by atoms with Gasteiger partial charge in [-0.1, -0.05) is 31.9 Å². The molecular weight excluding hydrogens is 262 g/mol. The predicted molar refractivity (Wildman–Crippen MR) is 86.0 cm³/mol. The minimum absolute atomic E-state index is 0.0611. The zero-order chi connectivity index (χ0) is 15.1. The third-order valence-electron chi connectivity index (χ3n) is 4.34. The lowest BCUT2D eigenvalue weighted by Gasteiger charge is -2.31. The van der Waals surface area contributed by atoms with E-state index in [9.17, 15) is 4.79 Å². The Balaban J connectivity index is 1.74. The van der Waals surface area contributed by atoms with Gasteiger partial charge in [0.2, 0.25) is 0 Å². The van der Waals surface area contributed by atoms with Crippen molar-refractivity contribution in [3.8, 4) is 5.75 Å². The van der Waals surface area contributed by atoms with E-state index in [2.05, 4.69) is 11.8 Å². The van der Waals surface area contributed by atoms with E-state index in [1.54, 1.807) is 6.92 Å². The molecule has 0 N–H and O–H groups in total. The largest absolute Gasteiger partial charge is 0.491 e. The van der Waals surface area contributed by atoms with Gasteiger partial charge in [0.25, 0.3) is 0 Å². The SMILES string of the molecule is CCCC1CCN(CCOc2ccccc2C(C)=O)CC1. The van der Waals surface area contributed by atoms with Crippen molar-refractivity contribution in [1.29, 1.82) is 0 Å². The van der Waals surface area contributed by atoms with Crippen molar-refractivity contribution in [2.45, 2.75) is 39.5 Å². The number of hydrogen-bond acceptors (Lipinski definition) is 3. The van der Waals surface area contributed by atoms with Crippen molar-refractivity contribution in [2.24, 2.45) is 5.92 Å². The number of rotatable bonds is 7. The van der Waals surface area contributed by atoms with Crippen LogP contribution in [0.25, 0.3) is 0 Å². The molecule has 0 aliphatic carbocycles. The summed E-state index contributed by atoms with van der Waals surface area (Å²) in [4.78, 5) is 14.0. The summed E-state index contributed by atoms with van der Waals surface area (Å²) in [6, 6.07) is 7.50. The molecule has 1 aliphatic rings. The van der Waals surface area contributed by atoms with E-state index in [-0.39, 0.29) is 5.78 Å². The molecule has 0 atom stereocenters. The highest BCUT2D eigenvalue weighted by atomic mass is 16.5. The van der Waals surface area contributed by atoms with Gasteiger partial charge in [0, 0.05) is 6.54 Å². The van der Waals surface area contributed by atoms with E-state index in [1.165, 1.54) is 38.8 Å². The molecule has 116 valence electrons. The van der Waals surface area contributed by atoms with E-state index >= 15 is 0 Å². The molecule has 1 fully saturated rings. The van der Waals surface area contributed by atoms with Gasteiger partial charge >= 0.3 is 0 Å². The van der Waals surface area contributed by atoms with Crippen LogP contribution in [-0.2, 0) is 0 Å². The summed E-state index contributed by atoms with van der Waals surface area (Å²) in [5.41, 5.74) is 0.680. The van der Waals surface area contributed by atoms with Crippen LogP contribution in [0.3, 0.4) is 0 Å². The first-order chi connectivity index (χ1) is 10.2. The van der Waals surface area contributed by atoms with Crippen LogP contribution in [-0.4, -0.2) is 36.9 Å². The summed E-state index contributed by atoms with van der Waals surface area (Å²) >= 11 is 0. The number of carbonyl (C=O) groups excluding carboxylic acids is 1. The van der Waals surface area contributed by atoms with E-state index in [0.29, 0.717) is 17.9 Å². The molecule has 0 amide bonds. The van der Waals surface area contributed by atoms with Gasteiger partial charge in [-0.25, -0.2) is 0 Å². The fourth-order valence-corrected chi connectivity index (χ4v) is 3.08. The number of carbonyl (C=O) groups is 1. The van der Waals surface area contributed by atoms with Crippen LogP contribution in [0.4, 0.5) is 0 Å². The van der Waals surface area contributed by atoms with Gasteiger partial charge in [0.05, 0.1) is 5.56 Å². The Labute approximate surface area is 128 Å². The Hall–Kier alpha value is -1.35. The van der Waals surface area contributed by atoms with Gasteiger partial charge in [-0.15, -0.1) is 0 Å². The van der Waals surface area contributed by atoms with E-state index in [1.807, 2.05) is 24.3 Å². The standard InChI is InChI=1S/C18H27NO2/c1-3-6-16-9-11-19(12-10-16)13-14-21-18-8-5-4-7-17(18)15(2)20/h4-5,7-8,16H,3,6,9-14H2,1-2H3. The molecule has 0 saturated carbocycles. The van der Waals surface area contributed by atoms with Gasteiger partial charge in [0.1, 0.15) is 12.4 Å². The van der Waals surface area contributed by atoms with Crippen LogP contribution in [0.1, 0.15) is 49.9 Å². The highest BCUT2D eigenvalue weighted by molar-refractivity contribution is 5.96. The summed E-state index contributed by atoms with van der Waals surface area (Å²) in [6.07, 6.45) is 5.31. The van der Waals surface area contributed by atoms with E-state index in [0.717, 1.165) is 12.5 Å². The van der Waals surface area contributed by atoms with Crippen LogP contribution in [0.15, 0.2) is 24.3 Å². The zero-order valence-electron chi connectivity index (χ0n) is 13.3. The van der Waals surface area contributed by atoms with Crippen LogP contribution in [0, 0.1) is 5.92 Å². The normalized spacial score (nSPS) is 16.9. The Kier molecular flexibility index (Phi) is 6.24. The summed E-state index contributed by atoms with van der Waals surface area (Å²) < 4.78 is 5.81. The average molecular weight is 289 g/mol. The average Bonchev–Trinajstić information content (AvgIpc) is 2.50. The van der Waals surface area contributed by atoms with Crippen molar-refractivity contribution >= 4 is 5.78 Å². The summed E-state index contributed by atoms with van der Waals surface area (Å²) in [5, 5.41) is 0. The molecule has 1 heterocycles. The highest BCUT2D eigenvalue weighted by Gasteiger charge is 2.18. The van der Waals surface area contributed by atoms with Gasteiger partial charge in [0.15, 0.2) is 5.78 Å². The molecule has 21 heavy (non-hydrogen) atoms. The minimum Gasteiger partial charge on any atom is -0.491 e. The fourth-order valence-electron chi connectivity index (χ4n) is 3.08. The van der Waals surface area contributed by atoms with Crippen molar-refractivity contribution < 1.29 is 9.53 Å². The first kappa shape index (κ1) is 16.0. The number of ketones is 1. The number of hydrogen-bond donors (Lipinski definition) is 0.